The average molecular weight is 423 g/mol. The van der Waals surface area contributed by atoms with Gasteiger partial charge in [-0.1, -0.05) is 49.2 Å². The van der Waals surface area contributed by atoms with Gasteiger partial charge >= 0.3 is 0 Å². The Labute approximate surface area is 190 Å². The first-order valence-corrected chi connectivity index (χ1v) is 12.0. The van der Waals surface area contributed by atoms with Crippen molar-refractivity contribution in [1.29, 1.82) is 0 Å². The van der Waals surface area contributed by atoms with Crippen LogP contribution in [-0.2, 0) is 6.42 Å². The third-order valence-electron chi connectivity index (χ3n) is 7.12. The molecule has 1 N–H and O–H groups in total. The SMILES string of the molecule is CN1C=Cc2c(-c3ccc4c(c3)CCCN4)c(-c3ccccc3)nn2C1=CC1CCCC1. The van der Waals surface area contributed by atoms with Crippen molar-refractivity contribution in [3.63, 3.8) is 0 Å². The van der Waals surface area contributed by atoms with Gasteiger partial charge in [-0.15, -0.1) is 0 Å². The van der Waals surface area contributed by atoms with E-state index in [-0.39, 0.29) is 0 Å². The summed E-state index contributed by atoms with van der Waals surface area (Å²) in [7, 11) is 2.13. The summed E-state index contributed by atoms with van der Waals surface area (Å²) in [5.41, 5.74) is 8.56. The van der Waals surface area contributed by atoms with E-state index in [9.17, 15) is 0 Å². The van der Waals surface area contributed by atoms with Crippen molar-refractivity contribution in [2.45, 2.75) is 38.5 Å². The van der Waals surface area contributed by atoms with Gasteiger partial charge in [-0.25, -0.2) is 4.68 Å². The Bertz CT molecular complexity index is 1200. The molecule has 0 radical (unpaired) electrons. The van der Waals surface area contributed by atoms with Crippen LogP contribution >= 0.6 is 0 Å². The van der Waals surface area contributed by atoms with E-state index >= 15 is 0 Å². The van der Waals surface area contributed by atoms with E-state index in [1.54, 1.807) is 0 Å². The molecule has 0 atom stereocenters. The summed E-state index contributed by atoms with van der Waals surface area (Å²) in [6.45, 7) is 1.06. The normalized spacial score (nSPS) is 19.2. The molecule has 0 spiro atoms. The average Bonchev–Trinajstić information content (AvgIpc) is 3.49. The van der Waals surface area contributed by atoms with Crippen molar-refractivity contribution in [1.82, 2.24) is 14.7 Å². The summed E-state index contributed by atoms with van der Waals surface area (Å²) in [5.74, 6) is 1.83. The lowest BCUT2D eigenvalue weighted by molar-refractivity contribution is 0.564. The van der Waals surface area contributed by atoms with E-state index in [2.05, 4.69) is 88.8 Å². The lowest BCUT2D eigenvalue weighted by atomic mass is 9.94. The van der Waals surface area contributed by atoms with Gasteiger partial charge in [0.15, 0.2) is 0 Å². The monoisotopic (exact) mass is 422 g/mol. The molecule has 162 valence electrons. The summed E-state index contributed by atoms with van der Waals surface area (Å²) in [6, 6.07) is 17.5. The zero-order valence-electron chi connectivity index (χ0n) is 18.7. The van der Waals surface area contributed by atoms with Crippen LogP contribution in [-0.4, -0.2) is 28.3 Å². The smallest absolute Gasteiger partial charge is 0.130 e. The van der Waals surface area contributed by atoms with Crippen LogP contribution in [0.4, 0.5) is 5.69 Å². The summed E-state index contributed by atoms with van der Waals surface area (Å²) < 4.78 is 2.17. The molecule has 4 nitrogen and oxygen atoms in total. The molecule has 0 saturated heterocycles. The van der Waals surface area contributed by atoms with E-state index in [0.29, 0.717) is 5.92 Å². The molecule has 2 aromatic carbocycles. The van der Waals surface area contributed by atoms with Gasteiger partial charge in [0.1, 0.15) is 11.5 Å². The molecular weight excluding hydrogens is 392 g/mol. The number of hydrogen-bond acceptors (Lipinski definition) is 3. The van der Waals surface area contributed by atoms with Gasteiger partial charge in [-0.2, -0.15) is 5.10 Å². The number of aromatic nitrogens is 2. The molecule has 4 heteroatoms. The highest BCUT2D eigenvalue weighted by Gasteiger charge is 2.26. The topological polar surface area (TPSA) is 33.1 Å². The number of aryl methyl sites for hydroxylation is 1. The molecule has 2 aliphatic heterocycles. The second-order valence-electron chi connectivity index (χ2n) is 9.28. The van der Waals surface area contributed by atoms with E-state index in [4.69, 9.17) is 5.10 Å². The zero-order chi connectivity index (χ0) is 21.5. The molecule has 1 fully saturated rings. The van der Waals surface area contributed by atoms with E-state index in [1.165, 1.54) is 66.0 Å². The van der Waals surface area contributed by atoms with Gasteiger partial charge in [-0.3, -0.25) is 0 Å². The number of benzene rings is 2. The predicted molar refractivity (Wildman–Crippen MR) is 133 cm³/mol. The Morgan fingerprint density at radius 3 is 2.69 bits per heavy atom. The predicted octanol–water partition coefficient (Wildman–Crippen LogP) is 6.48. The maximum Gasteiger partial charge on any atom is 0.130 e. The van der Waals surface area contributed by atoms with Crippen LogP contribution in [0.15, 0.2) is 60.8 Å². The van der Waals surface area contributed by atoms with Gasteiger partial charge in [0.05, 0.1) is 5.69 Å². The van der Waals surface area contributed by atoms with Crippen molar-refractivity contribution in [3.8, 4) is 22.4 Å². The minimum atomic E-state index is 0.648. The van der Waals surface area contributed by atoms with Crippen molar-refractivity contribution in [3.05, 3.63) is 72.1 Å². The molecule has 1 aromatic heterocycles. The molecule has 0 unspecified atom stereocenters. The van der Waals surface area contributed by atoms with Crippen molar-refractivity contribution >= 4 is 17.6 Å². The van der Waals surface area contributed by atoms with Gasteiger partial charge < -0.3 is 10.2 Å². The number of allylic oxidation sites excluding steroid dienone is 1. The van der Waals surface area contributed by atoms with E-state index in [0.717, 1.165) is 24.2 Å². The number of anilines is 1. The standard InChI is InChI=1S/C28H30N4/c1-31-17-15-25-27(23-13-14-24-22(19-23)12-7-16-29-24)28(21-10-3-2-4-11-21)30-32(25)26(31)18-20-8-5-6-9-20/h2-4,10-11,13-15,17-20,29H,5-9,12,16H2,1H3. The number of nitrogens with zero attached hydrogens (tertiary/aromatic N) is 3. The minimum absolute atomic E-state index is 0.648. The molecule has 3 aromatic rings. The highest BCUT2D eigenvalue weighted by Crippen LogP contribution is 2.41. The lowest BCUT2D eigenvalue weighted by Crippen LogP contribution is -2.21. The van der Waals surface area contributed by atoms with Gasteiger partial charge in [0.2, 0.25) is 0 Å². The van der Waals surface area contributed by atoms with Crippen LogP contribution in [0, 0.1) is 5.92 Å². The first kappa shape index (κ1) is 19.4. The van der Waals surface area contributed by atoms with Crippen molar-refractivity contribution in [2.75, 3.05) is 18.9 Å². The zero-order valence-corrected chi connectivity index (χ0v) is 18.7. The molecule has 6 rings (SSSR count). The Morgan fingerprint density at radius 2 is 1.84 bits per heavy atom. The largest absolute Gasteiger partial charge is 0.385 e. The summed E-state index contributed by atoms with van der Waals surface area (Å²) in [5, 5.41) is 8.77. The number of hydrogen-bond donors (Lipinski definition) is 1. The second kappa shape index (κ2) is 8.01. The quantitative estimate of drug-likeness (QED) is 0.524. The van der Waals surface area contributed by atoms with Gasteiger partial charge in [0, 0.05) is 36.6 Å². The second-order valence-corrected chi connectivity index (χ2v) is 9.28. The third-order valence-corrected chi connectivity index (χ3v) is 7.12. The summed E-state index contributed by atoms with van der Waals surface area (Å²) >= 11 is 0. The van der Waals surface area contributed by atoms with Crippen LogP contribution in [0.5, 0.6) is 0 Å². The van der Waals surface area contributed by atoms with Gasteiger partial charge in [-0.05, 0) is 67.0 Å². The molecule has 1 aliphatic carbocycles. The fourth-order valence-corrected chi connectivity index (χ4v) is 5.40. The fourth-order valence-electron chi connectivity index (χ4n) is 5.40. The van der Waals surface area contributed by atoms with Crippen LogP contribution in [0.1, 0.15) is 43.4 Å². The number of rotatable bonds is 3. The molecule has 32 heavy (non-hydrogen) atoms. The summed E-state index contributed by atoms with van der Waals surface area (Å²) in [4.78, 5) is 2.22. The minimum Gasteiger partial charge on any atom is -0.385 e. The molecule has 0 amide bonds. The van der Waals surface area contributed by atoms with Crippen LogP contribution < -0.4 is 5.32 Å². The highest BCUT2D eigenvalue weighted by atomic mass is 15.4. The molecule has 1 saturated carbocycles. The first-order valence-electron chi connectivity index (χ1n) is 12.0. The molecule has 3 heterocycles. The van der Waals surface area contributed by atoms with Crippen LogP contribution in [0.2, 0.25) is 0 Å². The Morgan fingerprint density at radius 1 is 1.00 bits per heavy atom. The number of nitrogens with one attached hydrogen (secondary N) is 1. The number of fused-ring (bicyclic) bond motifs is 2. The van der Waals surface area contributed by atoms with Crippen LogP contribution in [0.3, 0.4) is 0 Å². The maximum absolute atomic E-state index is 5.22. The molecule has 3 aliphatic rings. The summed E-state index contributed by atoms with van der Waals surface area (Å²) in [6.07, 6.45) is 14.4. The maximum atomic E-state index is 5.22. The molecular formula is C28H30N4. The van der Waals surface area contributed by atoms with E-state index in [1.807, 2.05) is 0 Å². The van der Waals surface area contributed by atoms with Crippen molar-refractivity contribution < 1.29 is 0 Å². The van der Waals surface area contributed by atoms with E-state index < -0.39 is 0 Å². The van der Waals surface area contributed by atoms with Crippen molar-refractivity contribution in [2.24, 2.45) is 5.92 Å². The Balaban J connectivity index is 1.55. The third kappa shape index (κ3) is 3.35. The van der Waals surface area contributed by atoms with Crippen LogP contribution in [0.25, 0.3) is 34.3 Å². The Kier molecular flexibility index (Phi) is 4.86. The van der Waals surface area contributed by atoms with Gasteiger partial charge in [0.25, 0.3) is 0 Å². The lowest BCUT2D eigenvalue weighted by Gasteiger charge is -2.25. The molecule has 0 bridgehead atoms. The highest BCUT2D eigenvalue weighted by molar-refractivity contribution is 5.89. The fraction of sp³-hybridized carbons (Fsp3) is 0.321. The Hall–Kier alpha value is -3.27. The first-order chi connectivity index (χ1) is 15.8.